The van der Waals surface area contributed by atoms with Crippen LogP contribution in [0.5, 0.6) is 5.75 Å². The second kappa shape index (κ2) is 8.53. The van der Waals surface area contributed by atoms with Gasteiger partial charge in [0.2, 0.25) is 5.91 Å². The third-order valence-corrected chi connectivity index (χ3v) is 2.70. The number of carbonyl (C=O) groups is 1. The van der Waals surface area contributed by atoms with E-state index in [0.29, 0.717) is 18.9 Å². The highest BCUT2D eigenvalue weighted by Crippen LogP contribution is 2.11. The number of benzene rings is 1. The third-order valence-electron chi connectivity index (χ3n) is 2.70. The molecule has 0 atom stereocenters. The van der Waals surface area contributed by atoms with Crippen LogP contribution in [0.2, 0.25) is 0 Å². The summed E-state index contributed by atoms with van der Waals surface area (Å²) >= 11 is 0. The van der Waals surface area contributed by atoms with E-state index in [2.05, 4.69) is 24.5 Å². The molecule has 0 saturated heterocycles. The van der Waals surface area contributed by atoms with Gasteiger partial charge in [-0.2, -0.15) is 0 Å². The molecule has 1 amide bonds. The standard InChI is InChI=1S/C15H24N2O2/c1-12(2)10-17-15(18)7-8-16-11-13-5-4-6-14(9-13)19-3/h4-6,9,12,16H,7-8,10-11H2,1-3H3,(H,17,18). The molecule has 0 radical (unpaired) electrons. The molecule has 0 bridgehead atoms. The van der Waals surface area contributed by atoms with Crippen LogP contribution in [0, 0.1) is 5.92 Å². The molecule has 0 heterocycles. The highest BCUT2D eigenvalue weighted by molar-refractivity contribution is 5.76. The Morgan fingerprint density at radius 3 is 2.84 bits per heavy atom. The number of carbonyl (C=O) groups excluding carboxylic acids is 1. The first kappa shape index (κ1) is 15.5. The van der Waals surface area contributed by atoms with Gasteiger partial charge in [-0.25, -0.2) is 0 Å². The van der Waals surface area contributed by atoms with Crippen molar-refractivity contribution in [2.45, 2.75) is 26.8 Å². The molecule has 0 aromatic heterocycles. The minimum atomic E-state index is 0.104. The van der Waals surface area contributed by atoms with Crippen molar-refractivity contribution in [1.29, 1.82) is 0 Å². The molecule has 2 N–H and O–H groups in total. The number of amides is 1. The Morgan fingerprint density at radius 1 is 1.37 bits per heavy atom. The van der Waals surface area contributed by atoms with Crippen molar-refractivity contribution in [1.82, 2.24) is 10.6 Å². The number of hydrogen-bond donors (Lipinski definition) is 2. The normalized spacial score (nSPS) is 10.5. The van der Waals surface area contributed by atoms with Gasteiger partial charge in [0.15, 0.2) is 0 Å². The predicted octanol–water partition coefficient (Wildman–Crippen LogP) is 1.95. The number of methoxy groups -OCH3 is 1. The Bertz CT molecular complexity index is 391. The van der Waals surface area contributed by atoms with Crippen LogP contribution in [0.1, 0.15) is 25.8 Å². The molecule has 0 spiro atoms. The molecule has 0 unspecified atom stereocenters. The highest BCUT2D eigenvalue weighted by atomic mass is 16.5. The molecule has 19 heavy (non-hydrogen) atoms. The van der Waals surface area contributed by atoms with E-state index in [1.54, 1.807) is 7.11 Å². The lowest BCUT2D eigenvalue weighted by atomic mass is 10.2. The van der Waals surface area contributed by atoms with E-state index >= 15 is 0 Å². The van der Waals surface area contributed by atoms with Crippen LogP contribution < -0.4 is 15.4 Å². The summed E-state index contributed by atoms with van der Waals surface area (Å²) in [6, 6.07) is 7.91. The number of hydrogen-bond acceptors (Lipinski definition) is 3. The summed E-state index contributed by atoms with van der Waals surface area (Å²) in [6.07, 6.45) is 0.511. The summed E-state index contributed by atoms with van der Waals surface area (Å²) < 4.78 is 5.16. The van der Waals surface area contributed by atoms with E-state index in [0.717, 1.165) is 24.4 Å². The van der Waals surface area contributed by atoms with Crippen LogP contribution in [0.3, 0.4) is 0 Å². The first-order chi connectivity index (χ1) is 9.11. The fourth-order valence-corrected chi connectivity index (χ4v) is 1.62. The van der Waals surface area contributed by atoms with Crippen LogP contribution in [0.15, 0.2) is 24.3 Å². The summed E-state index contributed by atoms with van der Waals surface area (Å²) in [5.74, 6) is 1.45. The lowest BCUT2D eigenvalue weighted by Gasteiger charge is -2.09. The zero-order valence-electron chi connectivity index (χ0n) is 12.0. The molecule has 4 heteroatoms. The van der Waals surface area contributed by atoms with Gasteiger partial charge < -0.3 is 15.4 Å². The average molecular weight is 264 g/mol. The van der Waals surface area contributed by atoms with E-state index in [1.165, 1.54) is 0 Å². The van der Waals surface area contributed by atoms with Crippen LogP contribution in [0.25, 0.3) is 0 Å². The van der Waals surface area contributed by atoms with Crippen molar-refractivity contribution < 1.29 is 9.53 Å². The molecular formula is C15H24N2O2. The van der Waals surface area contributed by atoms with Crippen molar-refractivity contribution in [3.63, 3.8) is 0 Å². The highest BCUT2D eigenvalue weighted by Gasteiger charge is 2.02. The molecule has 0 saturated carbocycles. The van der Waals surface area contributed by atoms with Gasteiger partial charge in [0, 0.05) is 26.1 Å². The molecule has 106 valence electrons. The van der Waals surface area contributed by atoms with E-state index < -0.39 is 0 Å². The second-order valence-corrected chi connectivity index (χ2v) is 4.98. The first-order valence-electron chi connectivity index (χ1n) is 6.72. The molecule has 1 rings (SSSR count). The lowest BCUT2D eigenvalue weighted by Crippen LogP contribution is -2.30. The predicted molar refractivity (Wildman–Crippen MR) is 77.2 cm³/mol. The van der Waals surface area contributed by atoms with Gasteiger partial charge in [-0.05, 0) is 23.6 Å². The quantitative estimate of drug-likeness (QED) is 0.706. The molecule has 1 aromatic carbocycles. The number of nitrogens with one attached hydrogen (secondary N) is 2. The van der Waals surface area contributed by atoms with Crippen molar-refractivity contribution in [2.75, 3.05) is 20.2 Å². The Morgan fingerprint density at radius 2 is 2.16 bits per heavy atom. The fraction of sp³-hybridized carbons (Fsp3) is 0.533. The summed E-state index contributed by atoms with van der Waals surface area (Å²) in [5.41, 5.74) is 1.15. The largest absolute Gasteiger partial charge is 0.497 e. The van der Waals surface area contributed by atoms with Crippen molar-refractivity contribution >= 4 is 5.91 Å². The van der Waals surface area contributed by atoms with Gasteiger partial charge in [0.05, 0.1) is 7.11 Å². The topological polar surface area (TPSA) is 50.4 Å². The fourth-order valence-electron chi connectivity index (χ4n) is 1.62. The maximum absolute atomic E-state index is 11.5. The van der Waals surface area contributed by atoms with Gasteiger partial charge in [0.1, 0.15) is 5.75 Å². The summed E-state index contributed by atoms with van der Waals surface area (Å²) in [5, 5.41) is 6.16. The second-order valence-electron chi connectivity index (χ2n) is 4.98. The van der Waals surface area contributed by atoms with Gasteiger partial charge in [0.25, 0.3) is 0 Å². The molecule has 0 aliphatic carbocycles. The number of rotatable bonds is 8. The average Bonchev–Trinajstić information content (AvgIpc) is 2.41. The Balaban J connectivity index is 2.18. The van der Waals surface area contributed by atoms with E-state index in [4.69, 9.17) is 4.74 Å². The molecule has 1 aromatic rings. The Hall–Kier alpha value is -1.55. The molecule has 0 fully saturated rings. The monoisotopic (exact) mass is 264 g/mol. The molecular weight excluding hydrogens is 240 g/mol. The molecule has 0 aliphatic rings. The van der Waals surface area contributed by atoms with Crippen LogP contribution in [-0.4, -0.2) is 26.1 Å². The Labute approximate surface area is 115 Å². The van der Waals surface area contributed by atoms with Crippen LogP contribution >= 0.6 is 0 Å². The van der Waals surface area contributed by atoms with Crippen LogP contribution in [0.4, 0.5) is 0 Å². The van der Waals surface area contributed by atoms with Crippen molar-refractivity contribution in [3.8, 4) is 5.75 Å². The van der Waals surface area contributed by atoms with Crippen LogP contribution in [-0.2, 0) is 11.3 Å². The lowest BCUT2D eigenvalue weighted by molar-refractivity contribution is -0.121. The van der Waals surface area contributed by atoms with Gasteiger partial charge in [-0.15, -0.1) is 0 Å². The minimum Gasteiger partial charge on any atom is -0.497 e. The molecule has 0 aliphatic heterocycles. The van der Waals surface area contributed by atoms with Crippen molar-refractivity contribution in [2.24, 2.45) is 5.92 Å². The van der Waals surface area contributed by atoms with Gasteiger partial charge in [-0.3, -0.25) is 4.79 Å². The first-order valence-corrected chi connectivity index (χ1v) is 6.72. The van der Waals surface area contributed by atoms with E-state index in [1.807, 2.05) is 24.3 Å². The maximum atomic E-state index is 11.5. The smallest absolute Gasteiger partial charge is 0.221 e. The zero-order chi connectivity index (χ0) is 14.1. The molecule has 4 nitrogen and oxygen atoms in total. The van der Waals surface area contributed by atoms with Gasteiger partial charge >= 0.3 is 0 Å². The maximum Gasteiger partial charge on any atom is 0.221 e. The Kier molecular flexibility index (Phi) is 6.97. The summed E-state index contributed by atoms with van der Waals surface area (Å²) in [4.78, 5) is 11.5. The minimum absolute atomic E-state index is 0.104. The number of ether oxygens (including phenoxy) is 1. The summed E-state index contributed by atoms with van der Waals surface area (Å²) in [7, 11) is 1.66. The third kappa shape index (κ3) is 6.82. The summed E-state index contributed by atoms with van der Waals surface area (Å²) in [6.45, 7) is 6.34. The van der Waals surface area contributed by atoms with Crippen molar-refractivity contribution in [3.05, 3.63) is 29.8 Å². The SMILES string of the molecule is COc1cccc(CNCCC(=O)NCC(C)C)c1. The van der Waals surface area contributed by atoms with E-state index in [9.17, 15) is 4.79 Å². The van der Waals surface area contributed by atoms with Gasteiger partial charge in [-0.1, -0.05) is 26.0 Å². The van der Waals surface area contributed by atoms with E-state index in [-0.39, 0.29) is 5.91 Å². The zero-order valence-corrected chi connectivity index (χ0v) is 12.0.